The van der Waals surface area contributed by atoms with Gasteiger partial charge in [-0.05, 0) is 25.2 Å². The monoisotopic (exact) mass is 230 g/mol. The molecule has 1 aliphatic carbocycles. The fourth-order valence-electron chi connectivity index (χ4n) is 2.97. The van der Waals surface area contributed by atoms with Crippen molar-refractivity contribution in [3.63, 3.8) is 0 Å². The van der Waals surface area contributed by atoms with E-state index in [0.717, 1.165) is 19.3 Å². The third-order valence-electron chi connectivity index (χ3n) is 3.89. The van der Waals surface area contributed by atoms with Gasteiger partial charge in [0.15, 0.2) is 0 Å². The predicted octanol–water partition coefficient (Wildman–Crippen LogP) is 1.52. The van der Waals surface area contributed by atoms with E-state index in [-0.39, 0.29) is 23.3 Å². The van der Waals surface area contributed by atoms with Gasteiger partial charge in [0.25, 0.3) is 0 Å². The summed E-state index contributed by atoms with van der Waals surface area (Å²) in [5.41, 5.74) is 4.89. The number of nitrogens with two attached hydrogens (primary N) is 1. The zero-order valence-electron chi connectivity index (χ0n) is 9.28. The third-order valence-corrected chi connectivity index (χ3v) is 4.38. The van der Waals surface area contributed by atoms with Gasteiger partial charge in [-0.3, -0.25) is 4.99 Å². The first kappa shape index (κ1) is 11.2. The summed E-state index contributed by atoms with van der Waals surface area (Å²) in [6.45, 7) is 3.95. The standard InChI is InChI=1S/C11H19ClN2O/c1-6(2)11(15)9-7(12)4-3-5-8(9)14-10(11)13/h6-9,15H,3-5H2,1-2H3,(H2,13,14). The molecule has 0 aromatic carbocycles. The van der Waals surface area contributed by atoms with Gasteiger partial charge in [0.1, 0.15) is 11.4 Å². The minimum atomic E-state index is -0.989. The summed E-state index contributed by atoms with van der Waals surface area (Å²) in [5.74, 6) is 0.462. The van der Waals surface area contributed by atoms with E-state index in [9.17, 15) is 5.11 Å². The summed E-state index contributed by atoms with van der Waals surface area (Å²) < 4.78 is 0. The smallest absolute Gasteiger partial charge is 0.130 e. The zero-order valence-corrected chi connectivity index (χ0v) is 10.0. The summed E-state index contributed by atoms with van der Waals surface area (Å²) in [4.78, 5) is 4.40. The van der Waals surface area contributed by atoms with Gasteiger partial charge in [-0.1, -0.05) is 13.8 Å². The predicted molar refractivity (Wildman–Crippen MR) is 62.2 cm³/mol. The van der Waals surface area contributed by atoms with Gasteiger partial charge >= 0.3 is 0 Å². The van der Waals surface area contributed by atoms with E-state index < -0.39 is 5.60 Å². The van der Waals surface area contributed by atoms with Crippen LogP contribution < -0.4 is 5.73 Å². The molecule has 0 radical (unpaired) electrons. The number of hydrogen-bond acceptors (Lipinski definition) is 3. The van der Waals surface area contributed by atoms with Crippen molar-refractivity contribution in [3.05, 3.63) is 0 Å². The molecule has 2 rings (SSSR count). The molecule has 1 aliphatic heterocycles. The molecule has 3 N–H and O–H groups in total. The highest BCUT2D eigenvalue weighted by Gasteiger charge is 2.55. The van der Waals surface area contributed by atoms with Crippen LogP contribution in [-0.4, -0.2) is 28.0 Å². The first-order chi connectivity index (χ1) is 6.98. The number of halogens is 1. The largest absolute Gasteiger partial charge is 0.385 e. The molecule has 1 fully saturated rings. The highest BCUT2D eigenvalue weighted by molar-refractivity contribution is 6.21. The van der Waals surface area contributed by atoms with Crippen molar-refractivity contribution in [2.24, 2.45) is 22.6 Å². The lowest BCUT2D eigenvalue weighted by Crippen LogP contribution is -2.55. The van der Waals surface area contributed by atoms with Crippen LogP contribution in [0.2, 0.25) is 0 Å². The molecule has 0 bridgehead atoms. The van der Waals surface area contributed by atoms with E-state index in [1.165, 1.54) is 0 Å². The molecule has 1 heterocycles. The number of aliphatic hydroxyl groups is 1. The zero-order chi connectivity index (χ0) is 11.2. The van der Waals surface area contributed by atoms with Crippen LogP contribution in [-0.2, 0) is 0 Å². The Labute approximate surface area is 95.7 Å². The van der Waals surface area contributed by atoms with E-state index in [2.05, 4.69) is 4.99 Å². The minimum absolute atomic E-state index is 0.000880. The van der Waals surface area contributed by atoms with Gasteiger partial charge in [0, 0.05) is 11.3 Å². The van der Waals surface area contributed by atoms with Crippen LogP contribution in [0.3, 0.4) is 0 Å². The van der Waals surface area contributed by atoms with E-state index in [4.69, 9.17) is 17.3 Å². The molecule has 1 saturated carbocycles. The van der Waals surface area contributed by atoms with Crippen molar-refractivity contribution < 1.29 is 5.11 Å². The van der Waals surface area contributed by atoms with E-state index in [1.807, 2.05) is 13.8 Å². The lowest BCUT2D eigenvalue weighted by molar-refractivity contribution is -0.00264. The Morgan fingerprint density at radius 2 is 2.20 bits per heavy atom. The average Bonchev–Trinajstić information content (AvgIpc) is 2.41. The number of alkyl halides is 1. The molecule has 0 spiro atoms. The SMILES string of the molecule is CC(C)C1(O)C(N)=NC2CCCC(Cl)C21. The second-order valence-electron chi connectivity index (χ2n) is 5.03. The van der Waals surface area contributed by atoms with Crippen LogP contribution >= 0.6 is 11.6 Å². The van der Waals surface area contributed by atoms with Crippen molar-refractivity contribution in [1.82, 2.24) is 0 Å². The molecule has 0 aromatic rings. The first-order valence-electron chi connectivity index (χ1n) is 5.68. The summed E-state index contributed by atoms with van der Waals surface area (Å²) in [5, 5.41) is 10.7. The maximum absolute atomic E-state index is 10.7. The fraction of sp³-hybridized carbons (Fsp3) is 0.909. The minimum Gasteiger partial charge on any atom is -0.385 e. The molecule has 4 unspecified atom stereocenters. The Kier molecular flexibility index (Phi) is 2.72. The maximum Gasteiger partial charge on any atom is 0.130 e. The molecule has 4 atom stereocenters. The topological polar surface area (TPSA) is 58.6 Å². The van der Waals surface area contributed by atoms with Crippen LogP contribution in [0.4, 0.5) is 0 Å². The fourth-order valence-corrected chi connectivity index (χ4v) is 3.48. The first-order valence-corrected chi connectivity index (χ1v) is 6.11. The molecule has 86 valence electrons. The van der Waals surface area contributed by atoms with Crippen molar-refractivity contribution in [3.8, 4) is 0 Å². The Balaban J connectivity index is 2.35. The average molecular weight is 231 g/mol. The van der Waals surface area contributed by atoms with Crippen LogP contribution in [0.1, 0.15) is 33.1 Å². The third kappa shape index (κ3) is 1.48. The van der Waals surface area contributed by atoms with Crippen LogP contribution in [0.25, 0.3) is 0 Å². The highest BCUT2D eigenvalue weighted by Crippen LogP contribution is 2.45. The summed E-state index contributed by atoms with van der Waals surface area (Å²) in [6.07, 6.45) is 3.05. The second-order valence-corrected chi connectivity index (χ2v) is 5.59. The van der Waals surface area contributed by atoms with Gasteiger partial charge in [0.2, 0.25) is 0 Å². The van der Waals surface area contributed by atoms with Crippen LogP contribution in [0.5, 0.6) is 0 Å². The number of hydrogen-bond donors (Lipinski definition) is 2. The van der Waals surface area contributed by atoms with Crippen molar-refractivity contribution in [2.45, 2.75) is 50.1 Å². The van der Waals surface area contributed by atoms with Gasteiger partial charge in [-0.25, -0.2) is 0 Å². The Morgan fingerprint density at radius 1 is 1.53 bits per heavy atom. The van der Waals surface area contributed by atoms with Crippen molar-refractivity contribution >= 4 is 17.4 Å². The summed E-state index contributed by atoms with van der Waals surface area (Å²) >= 11 is 6.32. The molecule has 0 amide bonds. The lowest BCUT2D eigenvalue weighted by Gasteiger charge is -2.40. The van der Waals surface area contributed by atoms with Crippen LogP contribution in [0, 0.1) is 11.8 Å². The van der Waals surface area contributed by atoms with Gasteiger partial charge in [-0.2, -0.15) is 0 Å². The molecule has 3 nitrogen and oxygen atoms in total. The number of nitrogens with zero attached hydrogens (tertiary/aromatic N) is 1. The number of fused-ring (bicyclic) bond motifs is 1. The highest BCUT2D eigenvalue weighted by atomic mass is 35.5. The van der Waals surface area contributed by atoms with Crippen LogP contribution in [0.15, 0.2) is 4.99 Å². The van der Waals surface area contributed by atoms with E-state index >= 15 is 0 Å². The number of amidine groups is 1. The number of aliphatic imine (C=N–C) groups is 1. The van der Waals surface area contributed by atoms with Gasteiger partial charge in [0.05, 0.1) is 6.04 Å². The van der Waals surface area contributed by atoms with Gasteiger partial charge in [-0.15, -0.1) is 11.6 Å². The quantitative estimate of drug-likeness (QED) is 0.671. The Bertz CT molecular complexity index is 292. The van der Waals surface area contributed by atoms with Crippen molar-refractivity contribution in [1.29, 1.82) is 0 Å². The normalized spacial score (nSPS) is 45.4. The molecule has 2 aliphatic rings. The summed E-state index contributed by atoms with van der Waals surface area (Å²) in [6, 6.07) is 0.133. The van der Waals surface area contributed by atoms with E-state index in [0.29, 0.717) is 5.84 Å². The maximum atomic E-state index is 10.7. The lowest BCUT2D eigenvalue weighted by atomic mass is 9.71. The second kappa shape index (κ2) is 3.63. The summed E-state index contributed by atoms with van der Waals surface area (Å²) in [7, 11) is 0. The molecular weight excluding hydrogens is 212 g/mol. The van der Waals surface area contributed by atoms with Gasteiger partial charge < -0.3 is 10.8 Å². The Hall–Kier alpha value is -0.280. The molecule has 0 aromatic heterocycles. The van der Waals surface area contributed by atoms with Crippen molar-refractivity contribution in [2.75, 3.05) is 0 Å². The van der Waals surface area contributed by atoms with E-state index in [1.54, 1.807) is 0 Å². The molecular formula is C11H19ClN2O. The molecule has 15 heavy (non-hydrogen) atoms. The number of rotatable bonds is 1. The molecule has 4 heteroatoms. The Morgan fingerprint density at radius 3 is 2.80 bits per heavy atom. The molecule has 0 saturated heterocycles.